The minimum absolute atomic E-state index is 0.231. The van der Waals surface area contributed by atoms with E-state index >= 15 is 0 Å². The summed E-state index contributed by atoms with van der Waals surface area (Å²) in [6.45, 7) is 12.4. The Hall–Kier alpha value is -0.860. The molecule has 0 bridgehead atoms. The summed E-state index contributed by atoms with van der Waals surface area (Å²) in [5.41, 5.74) is 3.05. The fraction of sp³-hybridized carbons (Fsp3) is 0.684. The number of likely N-dealkylation sites (N-methyl/N-ethyl adjacent to an activating group) is 2. The van der Waals surface area contributed by atoms with Crippen LogP contribution >= 0.6 is 0 Å². The molecule has 0 saturated heterocycles. The van der Waals surface area contributed by atoms with Crippen molar-refractivity contribution < 1.29 is 0 Å². The molecule has 2 heteroatoms. The number of nitrogens with zero attached hydrogens (tertiary/aromatic N) is 1. The third-order valence-corrected chi connectivity index (χ3v) is 4.39. The lowest BCUT2D eigenvalue weighted by Gasteiger charge is -2.26. The zero-order chi connectivity index (χ0) is 15.5. The van der Waals surface area contributed by atoms with Crippen molar-refractivity contribution in [2.75, 3.05) is 26.7 Å². The maximum Gasteiger partial charge on any atom is 0.0449 e. The number of benzene rings is 1. The first-order valence-electron chi connectivity index (χ1n) is 8.42. The SMILES string of the molecule is CCNC(CN(C)CC1CC1)c1ccc(C(C)(C)C)cc1. The second-order valence-electron chi connectivity index (χ2n) is 7.65. The molecule has 1 fully saturated rings. The van der Waals surface area contributed by atoms with Crippen LogP contribution < -0.4 is 5.32 Å². The summed E-state index contributed by atoms with van der Waals surface area (Å²) >= 11 is 0. The van der Waals surface area contributed by atoms with Gasteiger partial charge in [-0.15, -0.1) is 0 Å². The third kappa shape index (κ3) is 5.12. The smallest absolute Gasteiger partial charge is 0.0449 e. The zero-order valence-corrected chi connectivity index (χ0v) is 14.4. The van der Waals surface area contributed by atoms with Gasteiger partial charge in [0.05, 0.1) is 0 Å². The quantitative estimate of drug-likeness (QED) is 0.816. The van der Waals surface area contributed by atoms with E-state index in [-0.39, 0.29) is 5.41 Å². The van der Waals surface area contributed by atoms with E-state index in [2.05, 4.69) is 69.2 Å². The van der Waals surface area contributed by atoms with Gasteiger partial charge in [-0.2, -0.15) is 0 Å². The van der Waals surface area contributed by atoms with Gasteiger partial charge in [-0.1, -0.05) is 52.0 Å². The lowest BCUT2D eigenvalue weighted by molar-refractivity contribution is 0.282. The molecule has 2 nitrogen and oxygen atoms in total. The van der Waals surface area contributed by atoms with Crippen molar-refractivity contribution in [3.05, 3.63) is 35.4 Å². The van der Waals surface area contributed by atoms with Gasteiger partial charge < -0.3 is 10.2 Å². The first-order valence-corrected chi connectivity index (χ1v) is 8.42. The maximum atomic E-state index is 3.64. The van der Waals surface area contributed by atoms with E-state index in [0.717, 1.165) is 19.0 Å². The lowest BCUT2D eigenvalue weighted by Crippen LogP contribution is -2.34. The number of rotatable bonds is 7. The summed E-state index contributed by atoms with van der Waals surface area (Å²) in [4.78, 5) is 2.49. The third-order valence-electron chi connectivity index (χ3n) is 4.39. The molecule has 1 N–H and O–H groups in total. The Balaban J connectivity index is 2.02. The van der Waals surface area contributed by atoms with Crippen LogP contribution in [0.25, 0.3) is 0 Å². The van der Waals surface area contributed by atoms with Crippen LogP contribution in [0.15, 0.2) is 24.3 Å². The van der Waals surface area contributed by atoms with Crippen molar-refractivity contribution in [2.24, 2.45) is 5.92 Å². The highest BCUT2D eigenvalue weighted by Crippen LogP contribution is 2.30. The molecular formula is C19H32N2. The summed E-state index contributed by atoms with van der Waals surface area (Å²) in [5, 5.41) is 3.64. The summed E-state index contributed by atoms with van der Waals surface area (Å²) in [7, 11) is 2.26. The van der Waals surface area contributed by atoms with Crippen molar-refractivity contribution in [1.29, 1.82) is 0 Å². The lowest BCUT2D eigenvalue weighted by atomic mass is 9.86. The summed E-state index contributed by atoms with van der Waals surface area (Å²) in [5.74, 6) is 0.959. The molecule has 0 amide bonds. The highest BCUT2D eigenvalue weighted by atomic mass is 15.1. The fourth-order valence-corrected chi connectivity index (χ4v) is 2.88. The molecule has 1 atom stereocenters. The van der Waals surface area contributed by atoms with Crippen LogP contribution in [0.4, 0.5) is 0 Å². The Kier molecular flexibility index (Phi) is 5.45. The van der Waals surface area contributed by atoms with Gasteiger partial charge in [0.25, 0.3) is 0 Å². The Morgan fingerprint density at radius 2 is 1.81 bits per heavy atom. The van der Waals surface area contributed by atoms with Crippen LogP contribution in [0.1, 0.15) is 57.7 Å². The zero-order valence-electron chi connectivity index (χ0n) is 14.4. The van der Waals surface area contributed by atoms with Gasteiger partial charge in [0, 0.05) is 19.1 Å². The Morgan fingerprint density at radius 1 is 1.19 bits per heavy atom. The van der Waals surface area contributed by atoms with Crippen molar-refractivity contribution in [2.45, 2.75) is 52.0 Å². The van der Waals surface area contributed by atoms with Crippen molar-refractivity contribution in [3.8, 4) is 0 Å². The predicted molar refractivity (Wildman–Crippen MR) is 91.8 cm³/mol. The summed E-state index contributed by atoms with van der Waals surface area (Å²) < 4.78 is 0. The van der Waals surface area contributed by atoms with Crippen LogP contribution in [0.3, 0.4) is 0 Å². The molecule has 0 aromatic heterocycles. The average Bonchev–Trinajstić information content (AvgIpc) is 3.21. The monoisotopic (exact) mass is 288 g/mol. The van der Waals surface area contributed by atoms with Crippen LogP contribution in [-0.2, 0) is 5.41 Å². The van der Waals surface area contributed by atoms with Gasteiger partial charge in [-0.25, -0.2) is 0 Å². The van der Waals surface area contributed by atoms with Gasteiger partial charge in [-0.3, -0.25) is 0 Å². The number of hydrogen-bond donors (Lipinski definition) is 1. The Bertz CT molecular complexity index is 426. The van der Waals surface area contributed by atoms with Crippen LogP contribution in [-0.4, -0.2) is 31.6 Å². The van der Waals surface area contributed by atoms with Gasteiger partial charge >= 0.3 is 0 Å². The first-order chi connectivity index (χ1) is 9.90. The summed E-state index contributed by atoms with van der Waals surface area (Å²) in [6, 6.07) is 9.63. The molecule has 2 rings (SSSR count). The first kappa shape index (κ1) is 16.5. The molecule has 0 spiro atoms. The van der Waals surface area contributed by atoms with Crippen LogP contribution in [0.2, 0.25) is 0 Å². The van der Waals surface area contributed by atoms with E-state index in [0.29, 0.717) is 6.04 Å². The van der Waals surface area contributed by atoms with Gasteiger partial charge in [0.2, 0.25) is 0 Å². The Labute approximate surface area is 130 Å². The van der Waals surface area contributed by atoms with Crippen molar-refractivity contribution in [1.82, 2.24) is 10.2 Å². The molecule has 0 heterocycles. The fourth-order valence-electron chi connectivity index (χ4n) is 2.88. The van der Waals surface area contributed by atoms with Gasteiger partial charge in [0.15, 0.2) is 0 Å². The minimum Gasteiger partial charge on any atom is -0.309 e. The number of nitrogens with one attached hydrogen (secondary N) is 1. The second kappa shape index (κ2) is 6.93. The molecule has 0 aliphatic heterocycles. The minimum atomic E-state index is 0.231. The molecule has 1 aromatic carbocycles. The van der Waals surface area contributed by atoms with E-state index in [1.807, 2.05) is 0 Å². The molecule has 1 aromatic rings. The normalized spacial score (nSPS) is 17.2. The van der Waals surface area contributed by atoms with Crippen LogP contribution in [0.5, 0.6) is 0 Å². The molecule has 118 valence electrons. The topological polar surface area (TPSA) is 15.3 Å². The molecule has 1 saturated carbocycles. The molecular weight excluding hydrogens is 256 g/mol. The van der Waals surface area contributed by atoms with E-state index in [4.69, 9.17) is 0 Å². The molecule has 1 aliphatic carbocycles. The molecule has 0 radical (unpaired) electrons. The largest absolute Gasteiger partial charge is 0.309 e. The van der Waals surface area contributed by atoms with Gasteiger partial charge in [0.1, 0.15) is 0 Å². The van der Waals surface area contributed by atoms with Crippen molar-refractivity contribution in [3.63, 3.8) is 0 Å². The highest BCUT2D eigenvalue weighted by molar-refractivity contribution is 5.29. The van der Waals surface area contributed by atoms with E-state index in [9.17, 15) is 0 Å². The van der Waals surface area contributed by atoms with E-state index in [1.165, 1.54) is 30.5 Å². The van der Waals surface area contributed by atoms with Crippen LogP contribution in [0, 0.1) is 5.92 Å². The number of hydrogen-bond acceptors (Lipinski definition) is 2. The summed E-state index contributed by atoms with van der Waals surface area (Å²) in [6.07, 6.45) is 2.85. The highest BCUT2D eigenvalue weighted by Gasteiger charge is 2.24. The molecule has 1 unspecified atom stereocenters. The standard InChI is InChI=1S/C19H32N2/c1-6-20-18(14-21(5)13-15-7-8-15)16-9-11-17(12-10-16)19(2,3)4/h9-12,15,18,20H,6-8,13-14H2,1-5H3. The maximum absolute atomic E-state index is 3.64. The van der Waals surface area contributed by atoms with Crippen molar-refractivity contribution >= 4 is 0 Å². The predicted octanol–water partition coefficient (Wildman–Crippen LogP) is 3.98. The Morgan fingerprint density at radius 3 is 2.29 bits per heavy atom. The average molecular weight is 288 g/mol. The van der Waals surface area contributed by atoms with E-state index < -0.39 is 0 Å². The van der Waals surface area contributed by atoms with Gasteiger partial charge in [-0.05, 0) is 48.9 Å². The van der Waals surface area contributed by atoms with E-state index in [1.54, 1.807) is 0 Å². The molecule has 1 aliphatic rings. The second-order valence-corrected chi connectivity index (χ2v) is 7.65. The molecule has 21 heavy (non-hydrogen) atoms.